The smallest absolute Gasteiger partial charge is 0.258 e. The summed E-state index contributed by atoms with van der Waals surface area (Å²) < 4.78 is 10.9. The lowest BCUT2D eigenvalue weighted by Crippen LogP contribution is -2.49. The van der Waals surface area contributed by atoms with Crippen LogP contribution in [0.3, 0.4) is 0 Å². The summed E-state index contributed by atoms with van der Waals surface area (Å²) in [4.78, 5) is 14.8. The van der Waals surface area contributed by atoms with Gasteiger partial charge in [0.05, 0.1) is 7.11 Å². The average molecular weight is 383 g/mol. The number of piperidine rings is 1. The van der Waals surface area contributed by atoms with E-state index in [9.17, 15) is 4.79 Å². The number of benzene rings is 2. The summed E-state index contributed by atoms with van der Waals surface area (Å²) in [5.74, 6) is 1.14. The second kappa shape index (κ2) is 10.7. The summed E-state index contributed by atoms with van der Waals surface area (Å²) in [6.45, 7) is 3.10. The van der Waals surface area contributed by atoms with Crippen LogP contribution in [0.15, 0.2) is 54.6 Å². The molecule has 1 saturated heterocycles. The van der Waals surface area contributed by atoms with Crippen molar-refractivity contribution in [3.05, 3.63) is 60.2 Å². The fourth-order valence-electron chi connectivity index (χ4n) is 3.68. The first-order valence-electron chi connectivity index (χ1n) is 10.1. The minimum Gasteiger partial charge on any atom is -0.493 e. The second-order valence-electron chi connectivity index (χ2n) is 7.24. The van der Waals surface area contributed by atoms with E-state index in [1.165, 1.54) is 5.56 Å². The lowest BCUT2D eigenvalue weighted by atomic mass is 10.0. The summed E-state index contributed by atoms with van der Waals surface area (Å²) in [5, 5.41) is 3.12. The highest BCUT2D eigenvalue weighted by molar-refractivity contribution is 5.78. The van der Waals surface area contributed by atoms with Gasteiger partial charge in [0.25, 0.3) is 5.91 Å². The predicted octanol–water partition coefficient (Wildman–Crippen LogP) is 3.29. The van der Waals surface area contributed by atoms with Crippen molar-refractivity contribution >= 4 is 5.91 Å². The highest BCUT2D eigenvalue weighted by Crippen LogP contribution is 2.25. The van der Waals surface area contributed by atoms with Crippen molar-refractivity contribution in [2.45, 2.75) is 31.7 Å². The minimum absolute atomic E-state index is 0.00484. The largest absolute Gasteiger partial charge is 0.493 e. The van der Waals surface area contributed by atoms with Gasteiger partial charge in [-0.25, -0.2) is 0 Å². The molecule has 0 bridgehead atoms. The Labute approximate surface area is 167 Å². The molecule has 1 aliphatic heterocycles. The third-order valence-electron chi connectivity index (χ3n) is 5.08. The number of ether oxygens (including phenoxy) is 2. The quantitative estimate of drug-likeness (QED) is 0.723. The summed E-state index contributed by atoms with van der Waals surface area (Å²) in [7, 11) is 1.59. The van der Waals surface area contributed by atoms with Crippen LogP contribution in [0.2, 0.25) is 0 Å². The molecule has 2 aromatic carbocycles. The lowest BCUT2D eigenvalue weighted by Gasteiger charge is -2.33. The molecule has 3 rings (SSSR count). The molecule has 1 heterocycles. The normalized spacial score (nSPS) is 17.1. The zero-order valence-electron chi connectivity index (χ0n) is 16.6. The summed E-state index contributed by atoms with van der Waals surface area (Å²) in [6, 6.07) is 18.2. The van der Waals surface area contributed by atoms with Gasteiger partial charge in [-0.2, -0.15) is 0 Å². The lowest BCUT2D eigenvalue weighted by molar-refractivity contribution is -0.124. The van der Waals surface area contributed by atoms with Gasteiger partial charge in [-0.1, -0.05) is 42.5 Å². The zero-order chi connectivity index (χ0) is 19.6. The van der Waals surface area contributed by atoms with Crippen LogP contribution in [-0.4, -0.2) is 50.2 Å². The van der Waals surface area contributed by atoms with Crippen LogP contribution >= 0.6 is 0 Å². The number of hydrogen-bond donors (Lipinski definition) is 1. The number of nitrogens with zero attached hydrogens (tertiary/aromatic N) is 1. The number of carbonyl (C=O) groups excluding carboxylic acids is 1. The van der Waals surface area contributed by atoms with E-state index in [0.29, 0.717) is 11.5 Å². The van der Waals surface area contributed by atoms with Gasteiger partial charge in [0, 0.05) is 12.6 Å². The Morgan fingerprint density at radius 3 is 2.64 bits per heavy atom. The maximum Gasteiger partial charge on any atom is 0.258 e. The maximum absolute atomic E-state index is 12.3. The van der Waals surface area contributed by atoms with Crippen molar-refractivity contribution in [2.24, 2.45) is 0 Å². The predicted molar refractivity (Wildman–Crippen MR) is 111 cm³/mol. The summed E-state index contributed by atoms with van der Waals surface area (Å²) in [5.41, 5.74) is 1.39. The van der Waals surface area contributed by atoms with E-state index < -0.39 is 0 Å². The van der Waals surface area contributed by atoms with Gasteiger partial charge in [0.2, 0.25) is 0 Å². The molecule has 28 heavy (non-hydrogen) atoms. The molecule has 5 nitrogen and oxygen atoms in total. The Morgan fingerprint density at radius 2 is 1.86 bits per heavy atom. The zero-order valence-corrected chi connectivity index (χ0v) is 16.6. The van der Waals surface area contributed by atoms with Gasteiger partial charge in [-0.15, -0.1) is 0 Å². The minimum atomic E-state index is -0.0814. The Kier molecular flexibility index (Phi) is 7.73. The van der Waals surface area contributed by atoms with Crippen molar-refractivity contribution in [3.63, 3.8) is 0 Å². The van der Waals surface area contributed by atoms with Crippen LogP contribution in [-0.2, 0) is 11.2 Å². The molecule has 1 fully saturated rings. The van der Waals surface area contributed by atoms with E-state index in [0.717, 1.165) is 45.3 Å². The molecule has 0 unspecified atom stereocenters. The number of nitrogens with one attached hydrogen (secondary N) is 1. The maximum atomic E-state index is 12.3. The van der Waals surface area contributed by atoms with E-state index in [-0.39, 0.29) is 18.6 Å². The highest BCUT2D eigenvalue weighted by Gasteiger charge is 2.21. The molecule has 0 aliphatic carbocycles. The topological polar surface area (TPSA) is 50.8 Å². The van der Waals surface area contributed by atoms with E-state index in [1.54, 1.807) is 13.2 Å². The number of amides is 1. The van der Waals surface area contributed by atoms with Crippen molar-refractivity contribution < 1.29 is 14.3 Å². The number of aryl methyl sites for hydroxylation is 1. The molecule has 150 valence electrons. The number of para-hydroxylation sites is 2. The van der Waals surface area contributed by atoms with Gasteiger partial charge >= 0.3 is 0 Å². The number of rotatable bonds is 9. The summed E-state index contributed by atoms with van der Waals surface area (Å²) in [6.07, 6.45) is 4.38. The number of carbonyl (C=O) groups is 1. The van der Waals surface area contributed by atoms with Crippen LogP contribution in [0.5, 0.6) is 11.5 Å². The molecule has 0 aromatic heterocycles. The van der Waals surface area contributed by atoms with Crippen LogP contribution in [0, 0.1) is 0 Å². The highest BCUT2D eigenvalue weighted by atomic mass is 16.5. The van der Waals surface area contributed by atoms with Crippen molar-refractivity contribution in [2.75, 3.05) is 33.4 Å². The van der Waals surface area contributed by atoms with Gasteiger partial charge in [0.15, 0.2) is 18.1 Å². The molecule has 1 amide bonds. The van der Waals surface area contributed by atoms with E-state index in [1.807, 2.05) is 18.2 Å². The Morgan fingerprint density at radius 1 is 1.11 bits per heavy atom. The van der Waals surface area contributed by atoms with E-state index in [2.05, 4.69) is 40.5 Å². The molecular formula is C23H30N2O3. The molecular weight excluding hydrogens is 352 g/mol. The van der Waals surface area contributed by atoms with Crippen LogP contribution in [0.25, 0.3) is 0 Å². The third-order valence-corrected chi connectivity index (χ3v) is 5.08. The monoisotopic (exact) mass is 382 g/mol. The standard InChI is InChI=1S/C23H30N2O3/c1-27-21-13-5-6-14-22(21)28-18-23(26)24-20-12-8-16-25(17-20)15-7-11-19-9-3-2-4-10-19/h2-6,9-10,13-14,20H,7-8,11-12,15-18H2,1H3,(H,24,26)/t20-/m1/s1. The first-order chi connectivity index (χ1) is 13.7. The van der Waals surface area contributed by atoms with Gasteiger partial charge < -0.3 is 19.7 Å². The number of hydrogen-bond acceptors (Lipinski definition) is 4. The van der Waals surface area contributed by atoms with Crippen molar-refractivity contribution in [1.82, 2.24) is 10.2 Å². The SMILES string of the molecule is COc1ccccc1OCC(=O)N[C@@H]1CCCN(CCCc2ccccc2)C1. The molecule has 0 saturated carbocycles. The van der Waals surface area contributed by atoms with E-state index >= 15 is 0 Å². The fraction of sp³-hybridized carbons (Fsp3) is 0.435. The first kappa shape index (κ1) is 20.2. The number of methoxy groups -OCH3 is 1. The fourth-order valence-corrected chi connectivity index (χ4v) is 3.68. The molecule has 1 aliphatic rings. The van der Waals surface area contributed by atoms with Crippen molar-refractivity contribution in [1.29, 1.82) is 0 Å². The Balaban J connectivity index is 1.38. The second-order valence-corrected chi connectivity index (χ2v) is 7.24. The van der Waals surface area contributed by atoms with E-state index in [4.69, 9.17) is 9.47 Å². The molecule has 1 atom stereocenters. The van der Waals surface area contributed by atoms with Crippen LogP contribution in [0.4, 0.5) is 0 Å². The molecule has 2 aromatic rings. The molecule has 0 spiro atoms. The molecule has 1 N–H and O–H groups in total. The average Bonchev–Trinajstić information content (AvgIpc) is 2.73. The van der Waals surface area contributed by atoms with Crippen LogP contribution in [0.1, 0.15) is 24.8 Å². The van der Waals surface area contributed by atoms with Crippen LogP contribution < -0.4 is 14.8 Å². The van der Waals surface area contributed by atoms with Gasteiger partial charge in [0.1, 0.15) is 0 Å². The van der Waals surface area contributed by atoms with Crippen molar-refractivity contribution in [3.8, 4) is 11.5 Å². The number of likely N-dealkylation sites (tertiary alicyclic amines) is 1. The third kappa shape index (κ3) is 6.27. The van der Waals surface area contributed by atoms with Gasteiger partial charge in [-0.05, 0) is 56.5 Å². The Hall–Kier alpha value is -2.53. The molecule has 0 radical (unpaired) electrons. The first-order valence-corrected chi connectivity index (χ1v) is 10.1. The molecule has 5 heteroatoms. The van der Waals surface area contributed by atoms with Gasteiger partial charge in [-0.3, -0.25) is 4.79 Å². The summed E-state index contributed by atoms with van der Waals surface area (Å²) >= 11 is 0. The Bertz CT molecular complexity index is 736.